The molecule has 0 aromatic heterocycles. The molecule has 0 aliphatic rings. The predicted octanol–water partition coefficient (Wildman–Crippen LogP) is 21.1. The third-order valence-corrected chi connectivity index (χ3v) is 13.8. The lowest BCUT2D eigenvalue weighted by atomic mass is 10.0. The molecule has 0 saturated heterocycles. The fraction of sp³-hybridized carbons (Fsp3) is 0.967. The van der Waals surface area contributed by atoms with Crippen LogP contribution in [0, 0.1) is 0 Å². The zero-order valence-electron chi connectivity index (χ0n) is 44.7. The molecule has 1 amide bonds. The molecule has 0 spiro atoms. The van der Waals surface area contributed by atoms with Crippen molar-refractivity contribution >= 4 is 11.9 Å². The number of amides is 1. The highest BCUT2D eigenvalue weighted by Crippen LogP contribution is 2.18. The second-order valence-corrected chi connectivity index (χ2v) is 20.5. The Balaban J connectivity index is 0. The van der Waals surface area contributed by atoms with Crippen molar-refractivity contribution < 1.29 is 14.3 Å². The number of esters is 1. The van der Waals surface area contributed by atoms with Crippen molar-refractivity contribution in [3.8, 4) is 0 Å². The van der Waals surface area contributed by atoms with Gasteiger partial charge in [0.1, 0.15) is 0 Å². The summed E-state index contributed by atoms with van der Waals surface area (Å²) in [5.74, 6) is -0.147. The van der Waals surface area contributed by atoms with Gasteiger partial charge in [-0.05, 0) is 19.3 Å². The van der Waals surface area contributed by atoms with Gasteiger partial charge in [-0.15, -0.1) is 0 Å². The first kappa shape index (κ1) is 65.0. The van der Waals surface area contributed by atoms with Crippen LogP contribution in [0.15, 0.2) is 0 Å². The first-order chi connectivity index (χ1) is 31.6. The summed E-state index contributed by atoms with van der Waals surface area (Å²) in [6.45, 7) is 7.32. The van der Waals surface area contributed by atoms with Gasteiger partial charge in [-0.1, -0.05) is 335 Å². The maximum absolute atomic E-state index is 11.5. The van der Waals surface area contributed by atoms with Gasteiger partial charge in [0, 0.05) is 12.8 Å². The molecular weight excluding hydrogens is 783 g/mol. The molecule has 0 heterocycles. The molecule has 0 aromatic carbocycles. The minimum absolute atomic E-state index is 0.00235. The van der Waals surface area contributed by atoms with Crippen molar-refractivity contribution in [3.63, 3.8) is 0 Å². The quantitative estimate of drug-likeness (QED) is 0.0488. The van der Waals surface area contributed by atoms with E-state index < -0.39 is 0 Å². The minimum Gasteiger partial charge on any atom is -0.466 e. The fourth-order valence-corrected chi connectivity index (χ4v) is 9.25. The molecule has 4 heteroatoms. The van der Waals surface area contributed by atoms with Gasteiger partial charge < -0.3 is 10.5 Å². The normalized spacial score (nSPS) is 11.2. The van der Waals surface area contributed by atoms with Crippen LogP contribution < -0.4 is 5.73 Å². The Morgan fingerprint density at radius 2 is 0.422 bits per heavy atom. The van der Waals surface area contributed by atoms with E-state index in [2.05, 4.69) is 20.8 Å². The Hall–Kier alpha value is -1.06. The number of ether oxygens (including phenoxy) is 1. The summed E-state index contributed by atoms with van der Waals surface area (Å²) in [7, 11) is 0. The molecule has 0 atom stereocenters. The van der Waals surface area contributed by atoms with Crippen LogP contribution in [0.2, 0.25) is 0 Å². The van der Waals surface area contributed by atoms with Crippen molar-refractivity contribution in [1.82, 2.24) is 0 Å². The van der Waals surface area contributed by atoms with Crippen molar-refractivity contribution in [2.24, 2.45) is 5.73 Å². The Kier molecular flexibility index (Phi) is 62.9. The summed E-state index contributed by atoms with van der Waals surface area (Å²) in [4.78, 5) is 22.2. The zero-order chi connectivity index (χ0) is 46.8. The van der Waals surface area contributed by atoms with Crippen LogP contribution in [0.3, 0.4) is 0 Å². The summed E-state index contributed by atoms with van der Waals surface area (Å²) in [5.41, 5.74) is 5.15. The maximum atomic E-state index is 11.5. The van der Waals surface area contributed by atoms with E-state index in [1.165, 1.54) is 308 Å². The second-order valence-electron chi connectivity index (χ2n) is 20.5. The fourth-order valence-electron chi connectivity index (χ4n) is 9.25. The van der Waals surface area contributed by atoms with Crippen LogP contribution in [0.1, 0.15) is 367 Å². The highest BCUT2D eigenvalue weighted by Gasteiger charge is 2.03. The van der Waals surface area contributed by atoms with Gasteiger partial charge in [0.05, 0.1) is 6.61 Å². The maximum Gasteiger partial charge on any atom is 0.305 e. The van der Waals surface area contributed by atoms with E-state index in [0.717, 1.165) is 25.7 Å². The molecule has 64 heavy (non-hydrogen) atoms. The SMILES string of the molecule is CCCCCCCCCCCCCCCCCCCCCCCCCCCC(=O)OCCCC.CCCCCCCCCCCCCCCCCCCCCCCCCCCC(N)=O. The van der Waals surface area contributed by atoms with E-state index in [1.54, 1.807) is 0 Å². The summed E-state index contributed by atoms with van der Waals surface area (Å²) in [5, 5.41) is 0. The summed E-state index contributed by atoms with van der Waals surface area (Å²) < 4.78 is 5.20. The molecule has 0 aromatic rings. The summed E-state index contributed by atoms with van der Waals surface area (Å²) >= 11 is 0. The highest BCUT2D eigenvalue weighted by atomic mass is 16.5. The van der Waals surface area contributed by atoms with Gasteiger partial charge in [0.2, 0.25) is 5.91 Å². The van der Waals surface area contributed by atoms with Crippen molar-refractivity contribution in [3.05, 3.63) is 0 Å². The monoisotopic (exact) mass is 904 g/mol. The molecule has 0 rings (SSSR count). The van der Waals surface area contributed by atoms with Gasteiger partial charge in [-0.25, -0.2) is 0 Å². The molecule has 0 fully saturated rings. The van der Waals surface area contributed by atoms with Crippen LogP contribution in [-0.4, -0.2) is 18.5 Å². The lowest BCUT2D eigenvalue weighted by molar-refractivity contribution is -0.143. The van der Waals surface area contributed by atoms with E-state index in [1.807, 2.05) is 0 Å². The zero-order valence-corrected chi connectivity index (χ0v) is 44.7. The Morgan fingerprint density at radius 1 is 0.250 bits per heavy atom. The molecule has 2 N–H and O–H groups in total. The number of hydrogen-bond donors (Lipinski definition) is 1. The standard InChI is InChI=1S/C32H64O2.C28H57NO/c1-3-5-7-8-9-10-11-12-13-14-15-16-17-18-19-20-21-22-23-24-25-26-27-28-29-30-32(33)34-31-6-4-2;1-2-3-4-5-6-7-8-9-10-11-12-13-14-15-16-17-18-19-20-21-22-23-24-25-26-27-28(29)30/h3-31H2,1-2H3;2-27H2,1H3,(H2,29,30). The van der Waals surface area contributed by atoms with E-state index in [0.29, 0.717) is 19.4 Å². The number of carbonyl (C=O) groups excluding carboxylic acids is 2. The van der Waals surface area contributed by atoms with Crippen LogP contribution in [0.25, 0.3) is 0 Å². The van der Waals surface area contributed by atoms with Crippen LogP contribution in [-0.2, 0) is 14.3 Å². The van der Waals surface area contributed by atoms with E-state index in [-0.39, 0.29) is 11.9 Å². The summed E-state index contributed by atoms with van der Waals surface area (Å²) in [6, 6.07) is 0. The van der Waals surface area contributed by atoms with Gasteiger partial charge in [-0.2, -0.15) is 0 Å². The van der Waals surface area contributed by atoms with Crippen molar-refractivity contribution in [1.29, 1.82) is 0 Å². The van der Waals surface area contributed by atoms with Crippen LogP contribution >= 0.6 is 0 Å². The molecule has 0 saturated carbocycles. The van der Waals surface area contributed by atoms with Crippen LogP contribution in [0.4, 0.5) is 0 Å². The molecule has 0 unspecified atom stereocenters. The number of carbonyl (C=O) groups is 2. The number of unbranched alkanes of at least 4 members (excludes halogenated alkanes) is 49. The molecule has 0 aliphatic heterocycles. The Morgan fingerprint density at radius 3 is 0.609 bits per heavy atom. The van der Waals surface area contributed by atoms with E-state index in [9.17, 15) is 9.59 Å². The smallest absolute Gasteiger partial charge is 0.305 e. The van der Waals surface area contributed by atoms with Gasteiger partial charge in [0.15, 0.2) is 0 Å². The molecule has 4 nitrogen and oxygen atoms in total. The van der Waals surface area contributed by atoms with E-state index in [4.69, 9.17) is 10.5 Å². The third kappa shape index (κ3) is 65.2. The average molecular weight is 905 g/mol. The minimum atomic E-state index is -0.149. The van der Waals surface area contributed by atoms with Crippen LogP contribution in [0.5, 0.6) is 0 Å². The highest BCUT2D eigenvalue weighted by molar-refractivity contribution is 5.73. The number of rotatable bonds is 55. The average Bonchev–Trinajstić information content (AvgIpc) is 3.29. The number of hydrogen-bond acceptors (Lipinski definition) is 3. The molecular formula is C60H121NO3. The number of primary amides is 1. The third-order valence-electron chi connectivity index (χ3n) is 13.8. The van der Waals surface area contributed by atoms with Gasteiger partial charge in [-0.3, -0.25) is 9.59 Å². The Bertz CT molecular complexity index is 845. The number of nitrogens with two attached hydrogens (primary N) is 1. The lowest BCUT2D eigenvalue weighted by Crippen LogP contribution is -2.09. The van der Waals surface area contributed by atoms with Crippen molar-refractivity contribution in [2.45, 2.75) is 367 Å². The topological polar surface area (TPSA) is 69.4 Å². The first-order valence-corrected chi connectivity index (χ1v) is 30.0. The predicted molar refractivity (Wildman–Crippen MR) is 286 cm³/mol. The van der Waals surface area contributed by atoms with Gasteiger partial charge >= 0.3 is 5.97 Å². The largest absolute Gasteiger partial charge is 0.466 e. The van der Waals surface area contributed by atoms with E-state index >= 15 is 0 Å². The molecule has 384 valence electrons. The molecule has 0 bridgehead atoms. The summed E-state index contributed by atoms with van der Waals surface area (Å²) in [6.07, 6.45) is 73.6. The first-order valence-electron chi connectivity index (χ1n) is 30.0. The second kappa shape index (κ2) is 61.9. The molecule has 0 aliphatic carbocycles. The van der Waals surface area contributed by atoms with Crippen molar-refractivity contribution in [2.75, 3.05) is 6.61 Å². The Labute approximate surface area is 404 Å². The van der Waals surface area contributed by atoms with Gasteiger partial charge in [0.25, 0.3) is 0 Å². The molecule has 0 radical (unpaired) electrons. The lowest BCUT2D eigenvalue weighted by Gasteiger charge is -2.05.